The average molecular weight is 247 g/mol. The van der Waals surface area contributed by atoms with Crippen molar-refractivity contribution in [1.82, 2.24) is 5.32 Å². The lowest BCUT2D eigenvalue weighted by Gasteiger charge is -2.10. The molecule has 0 amide bonds. The first-order valence-electron chi connectivity index (χ1n) is 5.52. The molecule has 1 aliphatic rings. The van der Waals surface area contributed by atoms with Crippen LogP contribution < -0.4 is 5.32 Å². The summed E-state index contributed by atoms with van der Waals surface area (Å²) in [4.78, 5) is 0. The zero-order valence-corrected chi connectivity index (χ0v) is 9.15. The molecule has 1 fully saturated rings. The zero-order chi connectivity index (χ0) is 12.5. The monoisotopic (exact) mass is 247 g/mol. The van der Waals surface area contributed by atoms with E-state index in [1.54, 1.807) is 0 Å². The lowest BCUT2D eigenvalue weighted by atomic mass is 10.1. The van der Waals surface area contributed by atoms with Gasteiger partial charge in [0.05, 0.1) is 5.56 Å². The molecule has 2 rings (SSSR count). The van der Waals surface area contributed by atoms with E-state index in [0.717, 1.165) is 18.7 Å². The molecule has 0 saturated heterocycles. The van der Waals surface area contributed by atoms with Gasteiger partial charge in [-0.2, -0.15) is 13.2 Å². The van der Waals surface area contributed by atoms with Gasteiger partial charge in [-0.1, -0.05) is 0 Å². The molecule has 5 heteroatoms. The van der Waals surface area contributed by atoms with Crippen LogP contribution in [0.4, 0.5) is 17.6 Å². The molecule has 0 aromatic heterocycles. The second-order valence-electron chi connectivity index (χ2n) is 4.42. The summed E-state index contributed by atoms with van der Waals surface area (Å²) in [5.41, 5.74) is -0.598. The van der Waals surface area contributed by atoms with Gasteiger partial charge in [0.1, 0.15) is 5.82 Å². The molecule has 0 radical (unpaired) electrons. The summed E-state index contributed by atoms with van der Waals surface area (Å²) in [6.07, 6.45) is -2.15. The van der Waals surface area contributed by atoms with Gasteiger partial charge in [-0.15, -0.1) is 0 Å². The molecule has 1 aromatic carbocycles. The largest absolute Gasteiger partial charge is 0.416 e. The topological polar surface area (TPSA) is 12.0 Å². The molecule has 0 unspecified atom stereocenters. The molecule has 0 atom stereocenters. The van der Waals surface area contributed by atoms with E-state index in [-0.39, 0.29) is 6.54 Å². The van der Waals surface area contributed by atoms with Gasteiger partial charge in [-0.3, -0.25) is 0 Å². The van der Waals surface area contributed by atoms with Gasteiger partial charge in [-0.05, 0) is 49.1 Å². The highest BCUT2D eigenvalue weighted by atomic mass is 19.4. The number of rotatable bonds is 4. The van der Waals surface area contributed by atoms with E-state index in [1.165, 1.54) is 12.8 Å². The molecule has 94 valence electrons. The van der Waals surface area contributed by atoms with E-state index >= 15 is 0 Å². The van der Waals surface area contributed by atoms with Crippen LogP contribution in [0.1, 0.15) is 24.0 Å². The first-order chi connectivity index (χ1) is 7.95. The Labute approximate surface area is 96.8 Å². The molecular formula is C12H13F4N. The Morgan fingerprint density at radius 3 is 2.47 bits per heavy atom. The first kappa shape index (κ1) is 12.4. The van der Waals surface area contributed by atoms with Crippen LogP contribution in [0.15, 0.2) is 18.2 Å². The van der Waals surface area contributed by atoms with Crippen molar-refractivity contribution in [1.29, 1.82) is 0 Å². The number of hydrogen-bond acceptors (Lipinski definition) is 1. The number of alkyl halides is 3. The van der Waals surface area contributed by atoms with Gasteiger partial charge in [0.25, 0.3) is 0 Å². The molecule has 1 aromatic rings. The SMILES string of the molecule is Fc1cc(CNCC2CC2)cc(C(F)(F)F)c1. The second kappa shape index (κ2) is 4.64. The predicted molar refractivity (Wildman–Crippen MR) is 55.8 cm³/mol. The molecule has 0 spiro atoms. The minimum absolute atomic E-state index is 0.275. The van der Waals surface area contributed by atoms with Crippen LogP contribution >= 0.6 is 0 Å². The van der Waals surface area contributed by atoms with Gasteiger partial charge in [-0.25, -0.2) is 4.39 Å². The van der Waals surface area contributed by atoms with Gasteiger partial charge < -0.3 is 5.32 Å². The van der Waals surface area contributed by atoms with Crippen LogP contribution in [0.5, 0.6) is 0 Å². The maximum Gasteiger partial charge on any atom is 0.416 e. The Kier molecular flexibility index (Phi) is 3.38. The standard InChI is InChI=1S/C12H13F4N/c13-11-4-9(7-17-6-8-1-2-8)3-10(5-11)12(14,15)16/h3-5,8,17H,1-2,6-7H2. The maximum atomic E-state index is 13.0. The molecule has 0 heterocycles. The number of nitrogens with one attached hydrogen (secondary N) is 1. The van der Waals surface area contributed by atoms with Crippen LogP contribution in [0.3, 0.4) is 0 Å². The van der Waals surface area contributed by atoms with Gasteiger partial charge in [0.15, 0.2) is 0 Å². The summed E-state index contributed by atoms with van der Waals surface area (Å²) >= 11 is 0. The normalized spacial score (nSPS) is 16.2. The first-order valence-corrected chi connectivity index (χ1v) is 5.52. The van der Waals surface area contributed by atoms with Crippen molar-refractivity contribution < 1.29 is 17.6 Å². The number of halogens is 4. The molecule has 1 saturated carbocycles. The third-order valence-corrected chi connectivity index (χ3v) is 2.74. The predicted octanol–water partition coefficient (Wildman–Crippen LogP) is 3.34. The van der Waals surface area contributed by atoms with E-state index in [2.05, 4.69) is 5.32 Å². The Hall–Kier alpha value is -1.10. The summed E-state index contributed by atoms with van der Waals surface area (Å²) < 4.78 is 50.3. The van der Waals surface area contributed by atoms with Crippen LogP contribution in [-0.4, -0.2) is 6.54 Å². The highest BCUT2D eigenvalue weighted by molar-refractivity contribution is 5.26. The third kappa shape index (κ3) is 3.70. The minimum atomic E-state index is -4.49. The fourth-order valence-corrected chi connectivity index (χ4v) is 1.66. The van der Waals surface area contributed by atoms with E-state index in [9.17, 15) is 17.6 Å². The molecule has 17 heavy (non-hydrogen) atoms. The second-order valence-corrected chi connectivity index (χ2v) is 4.42. The summed E-state index contributed by atoms with van der Waals surface area (Å²) in [5.74, 6) is -0.200. The van der Waals surface area contributed by atoms with Crippen LogP contribution in [0.2, 0.25) is 0 Å². The molecule has 0 bridgehead atoms. The van der Waals surface area contributed by atoms with Crippen molar-refractivity contribution in [3.63, 3.8) is 0 Å². The average Bonchev–Trinajstić information content (AvgIpc) is 2.99. The number of hydrogen-bond donors (Lipinski definition) is 1. The Balaban J connectivity index is 2.02. The maximum absolute atomic E-state index is 13.0. The Morgan fingerprint density at radius 2 is 1.88 bits per heavy atom. The molecule has 0 aliphatic heterocycles. The van der Waals surface area contributed by atoms with Gasteiger partial charge in [0, 0.05) is 6.54 Å². The van der Waals surface area contributed by atoms with Gasteiger partial charge in [0.2, 0.25) is 0 Å². The lowest BCUT2D eigenvalue weighted by Crippen LogP contribution is -2.17. The quantitative estimate of drug-likeness (QED) is 0.804. The highest BCUT2D eigenvalue weighted by Crippen LogP contribution is 2.30. The van der Waals surface area contributed by atoms with Gasteiger partial charge >= 0.3 is 6.18 Å². The van der Waals surface area contributed by atoms with Crippen molar-refractivity contribution in [2.75, 3.05) is 6.54 Å². The fraction of sp³-hybridized carbons (Fsp3) is 0.500. The Morgan fingerprint density at radius 1 is 1.18 bits per heavy atom. The molecule has 1 nitrogen and oxygen atoms in total. The van der Waals surface area contributed by atoms with Crippen molar-refractivity contribution in [3.05, 3.63) is 35.1 Å². The summed E-state index contributed by atoms with van der Waals surface area (Å²) in [6, 6.07) is 2.64. The summed E-state index contributed by atoms with van der Waals surface area (Å²) in [5, 5.41) is 3.04. The van der Waals surface area contributed by atoms with Crippen molar-refractivity contribution >= 4 is 0 Å². The Bertz CT molecular complexity index is 396. The van der Waals surface area contributed by atoms with Crippen LogP contribution in [0.25, 0.3) is 0 Å². The van der Waals surface area contributed by atoms with E-state index < -0.39 is 17.6 Å². The molecular weight excluding hydrogens is 234 g/mol. The van der Waals surface area contributed by atoms with Crippen LogP contribution in [0, 0.1) is 11.7 Å². The van der Waals surface area contributed by atoms with E-state index in [1.807, 2.05) is 0 Å². The smallest absolute Gasteiger partial charge is 0.312 e. The van der Waals surface area contributed by atoms with Crippen molar-refractivity contribution in [2.24, 2.45) is 5.92 Å². The zero-order valence-electron chi connectivity index (χ0n) is 9.15. The summed E-state index contributed by atoms with van der Waals surface area (Å²) in [7, 11) is 0. The molecule has 1 N–H and O–H groups in total. The highest BCUT2D eigenvalue weighted by Gasteiger charge is 2.31. The molecule has 1 aliphatic carbocycles. The van der Waals surface area contributed by atoms with Crippen molar-refractivity contribution in [2.45, 2.75) is 25.6 Å². The van der Waals surface area contributed by atoms with Crippen molar-refractivity contribution in [3.8, 4) is 0 Å². The summed E-state index contributed by atoms with van der Waals surface area (Å²) in [6.45, 7) is 1.06. The number of benzene rings is 1. The third-order valence-electron chi connectivity index (χ3n) is 2.74. The minimum Gasteiger partial charge on any atom is -0.312 e. The van der Waals surface area contributed by atoms with Crippen LogP contribution in [-0.2, 0) is 12.7 Å². The van der Waals surface area contributed by atoms with E-state index in [0.29, 0.717) is 17.5 Å². The lowest BCUT2D eigenvalue weighted by molar-refractivity contribution is -0.137. The fourth-order valence-electron chi connectivity index (χ4n) is 1.66. The van der Waals surface area contributed by atoms with E-state index in [4.69, 9.17) is 0 Å².